The predicted octanol–water partition coefficient (Wildman–Crippen LogP) is 6.06. The molecule has 6 heteroatoms. The molecule has 0 saturated heterocycles. The molecule has 1 fully saturated rings. The van der Waals surface area contributed by atoms with Gasteiger partial charge in [0.05, 0.1) is 5.76 Å². The molecular formula is C12H20Cl3OPSi. The van der Waals surface area contributed by atoms with E-state index in [1.807, 2.05) is 0 Å². The van der Waals surface area contributed by atoms with Gasteiger partial charge in [-0.15, -0.1) is 0 Å². The van der Waals surface area contributed by atoms with Crippen molar-refractivity contribution in [1.82, 2.24) is 0 Å². The summed E-state index contributed by atoms with van der Waals surface area (Å²) in [6.07, 6.45) is 5.27. The van der Waals surface area contributed by atoms with Gasteiger partial charge in [0, 0.05) is 19.4 Å². The van der Waals surface area contributed by atoms with Crippen LogP contribution in [0.1, 0.15) is 25.7 Å². The van der Waals surface area contributed by atoms with E-state index in [0.717, 1.165) is 24.8 Å². The third-order valence-corrected chi connectivity index (χ3v) is 9.23. The van der Waals surface area contributed by atoms with Gasteiger partial charge in [-0.05, 0) is 44.5 Å². The Morgan fingerprint density at radius 2 is 1.94 bits per heavy atom. The molecule has 0 aromatic carbocycles. The summed E-state index contributed by atoms with van der Waals surface area (Å²) >= 11 is 19.5. The fourth-order valence-electron chi connectivity index (χ4n) is 2.70. The third-order valence-electron chi connectivity index (χ3n) is 3.42. The van der Waals surface area contributed by atoms with Gasteiger partial charge in [-0.2, -0.15) is 0 Å². The first kappa shape index (κ1) is 15.4. The number of hydrogen-bond donors (Lipinski definition) is 0. The topological polar surface area (TPSA) is 9.23 Å². The summed E-state index contributed by atoms with van der Waals surface area (Å²) in [4.78, 5) is 0. The molecule has 1 heterocycles. The van der Waals surface area contributed by atoms with Gasteiger partial charge in [-0.25, -0.2) is 0 Å². The van der Waals surface area contributed by atoms with Crippen molar-refractivity contribution in [2.45, 2.75) is 49.4 Å². The number of hydrogen-bond acceptors (Lipinski definition) is 1. The van der Waals surface area contributed by atoms with Crippen LogP contribution in [-0.4, -0.2) is 18.6 Å². The Morgan fingerprint density at radius 3 is 2.56 bits per heavy atom. The average Bonchev–Trinajstić information content (AvgIpc) is 2.24. The molecule has 2 rings (SSSR count). The Balaban J connectivity index is 2.34. The quantitative estimate of drug-likeness (QED) is 0.335. The van der Waals surface area contributed by atoms with Crippen LogP contribution in [0.25, 0.3) is 0 Å². The maximum Gasteiger partial charge on any atom is 0.241 e. The summed E-state index contributed by atoms with van der Waals surface area (Å²) in [6.45, 7) is 6.62. The van der Waals surface area contributed by atoms with E-state index in [2.05, 4.69) is 19.6 Å². The average molecular weight is 346 g/mol. The van der Waals surface area contributed by atoms with Gasteiger partial charge in [0.15, 0.2) is 4.07 Å². The number of rotatable bonds is 2. The Hall–Kier alpha value is 1.06. The lowest BCUT2D eigenvalue weighted by Gasteiger charge is -2.44. The van der Waals surface area contributed by atoms with Crippen LogP contribution in [0.5, 0.6) is 0 Å². The van der Waals surface area contributed by atoms with Gasteiger partial charge in [0.2, 0.25) is 8.32 Å². The van der Waals surface area contributed by atoms with Gasteiger partial charge >= 0.3 is 0 Å². The van der Waals surface area contributed by atoms with Crippen LogP contribution in [0.4, 0.5) is 0 Å². The molecule has 1 aliphatic carbocycles. The second-order valence-electron chi connectivity index (χ2n) is 6.07. The highest BCUT2D eigenvalue weighted by atomic mass is 35.7. The number of fused-ring (bicyclic) bond motifs is 1. The zero-order valence-electron chi connectivity index (χ0n) is 11.1. The SMILES string of the molecule is C[Si](C)(C)OC1=C2CCCCC2C(Cl)(Cl)P(Cl)C1. The number of allylic oxidation sites excluding steroid dienone is 2. The molecular weight excluding hydrogens is 326 g/mol. The zero-order chi connectivity index (χ0) is 13.6. The molecule has 0 N–H and O–H groups in total. The van der Waals surface area contributed by atoms with Crippen molar-refractivity contribution < 1.29 is 4.43 Å². The maximum atomic E-state index is 6.52. The number of alkyl halides is 2. The Bertz CT molecular complexity index is 365. The van der Waals surface area contributed by atoms with Crippen molar-refractivity contribution in [3.63, 3.8) is 0 Å². The highest BCUT2D eigenvalue weighted by Gasteiger charge is 2.49. The fraction of sp³-hybridized carbons (Fsp3) is 0.833. The molecule has 2 aliphatic rings. The lowest BCUT2D eigenvalue weighted by molar-refractivity contribution is 0.368. The molecule has 0 radical (unpaired) electrons. The molecule has 0 amide bonds. The summed E-state index contributed by atoms with van der Waals surface area (Å²) < 4.78 is 5.48. The second kappa shape index (κ2) is 5.45. The van der Waals surface area contributed by atoms with E-state index in [1.165, 1.54) is 18.4 Å². The van der Waals surface area contributed by atoms with Crippen LogP contribution in [0, 0.1) is 5.92 Å². The van der Waals surface area contributed by atoms with E-state index >= 15 is 0 Å². The van der Waals surface area contributed by atoms with E-state index in [4.69, 9.17) is 38.9 Å². The normalized spacial score (nSPS) is 32.1. The van der Waals surface area contributed by atoms with Gasteiger partial charge < -0.3 is 4.43 Å². The Labute approximate surface area is 127 Å². The van der Waals surface area contributed by atoms with Crippen LogP contribution < -0.4 is 0 Å². The molecule has 18 heavy (non-hydrogen) atoms. The summed E-state index contributed by atoms with van der Waals surface area (Å²) in [7, 11) is -2.52. The van der Waals surface area contributed by atoms with Crippen LogP contribution in [0.15, 0.2) is 11.3 Å². The van der Waals surface area contributed by atoms with Crippen LogP contribution >= 0.6 is 41.7 Å². The first-order valence-electron chi connectivity index (χ1n) is 6.44. The standard InChI is InChI=1S/C12H20Cl3OPSi/c1-18(2,3)16-11-8-17(15)12(13,14)10-7-5-4-6-9(10)11/h10H,4-8H2,1-3H3. The Morgan fingerprint density at radius 1 is 1.28 bits per heavy atom. The second-order valence-corrected chi connectivity index (χ2v) is 15.4. The highest BCUT2D eigenvalue weighted by Crippen LogP contribution is 2.69. The van der Waals surface area contributed by atoms with Gasteiger partial charge in [0.25, 0.3) is 0 Å². The minimum atomic E-state index is -1.59. The fourth-order valence-corrected chi connectivity index (χ4v) is 6.64. The molecule has 1 aliphatic heterocycles. The Kier molecular flexibility index (Phi) is 4.67. The van der Waals surface area contributed by atoms with Crippen LogP contribution in [0.2, 0.25) is 19.6 Å². The van der Waals surface area contributed by atoms with Crippen molar-refractivity contribution >= 4 is 50.0 Å². The third kappa shape index (κ3) is 3.20. The highest BCUT2D eigenvalue weighted by molar-refractivity contribution is 7.88. The number of halogens is 3. The molecule has 0 spiro atoms. The first-order valence-corrected chi connectivity index (χ1v) is 13.0. The van der Waals surface area contributed by atoms with E-state index < -0.39 is 19.7 Å². The molecule has 0 aromatic heterocycles. The van der Waals surface area contributed by atoms with Crippen molar-refractivity contribution in [3.05, 3.63) is 11.3 Å². The zero-order valence-corrected chi connectivity index (χ0v) is 15.3. The van der Waals surface area contributed by atoms with E-state index in [-0.39, 0.29) is 5.92 Å². The first-order chi connectivity index (χ1) is 8.22. The monoisotopic (exact) mass is 344 g/mol. The lowest BCUT2D eigenvalue weighted by atomic mass is 9.84. The van der Waals surface area contributed by atoms with Crippen molar-refractivity contribution in [2.24, 2.45) is 5.92 Å². The summed E-state index contributed by atoms with van der Waals surface area (Å²) in [5.41, 5.74) is 1.35. The molecule has 0 bridgehead atoms. The summed E-state index contributed by atoms with van der Waals surface area (Å²) in [6, 6.07) is 0. The van der Waals surface area contributed by atoms with Crippen molar-refractivity contribution in [3.8, 4) is 0 Å². The summed E-state index contributed by atoms with van der Waals surface area (Å²) in [5, 5.41) is 0. The predicted molar refractivity (Wildman–Crippen MR) is 85.5 cm³/mol. The van der Waals surface area contributed by atoms with Gasteiger partial charge in [-0.1, -0.05) is 40.9 Å². The molecule has 1 nitrogen and oxygen atoms in total. The van der Waals surface area contributed by atoms with Crippen molar-refractivity contribution in [2.75, 3.05) is 6.16 Å². The molecule has 0 aromatic rings. The molecule has 1 saturated carbocycles. The van der Waals surface area contributed by atoms with Crippen LogP contribution in [-0.2, 0) is 4.43 Å². The maximum absolute atomic E-state index is 6.52. The lowest BCUT2D eigenvalue weighted by Crippen LogP contribution is -2.36. The van der Waals surface area contributed by atoms with E-state index in [1.54, 1.807) is 0 Å². The van der Waals surface area contributed by atoms with Crippen molar-refractivity contribution in [1.29, 1.82) is 0 Å². The van der Waals surface area contributed by atoms with E-state index in [9.17, 15) is 0 Å². The molecule has 104 valence electrons. The minimum Gasteiger partial charge on any atom is -0.547 e. The molecule has 2 unspecified atom stereocenters. The minimum absolute atomic E-state index is 0.207. The smallest absolute Gasteiger partial charge is 0.241 e. The van der Waals surface area contributed by atoms with Gasteiger partial charge in [-0.3, -0.25) is 0 Å². The van der Waals surface area contributed by atoms with Gasteiger partial charge in [0.1, 0.15) is 0 Å². The largest absolute Gasteiger partial charge is 0.547 e. The summed E-state index contributed by atoms with van der Waals surface area (Å²) in [5.74, 6) is 1.33. The molecule has 2 atom stereocenters. The van der Waals surface area contributed by atoms with Crippen LogP contribution in [0.3, 0.4) is 0 Å². The van der Waals surface area contributed by atoms with E-state index in [0.29, 0.717) is 0 Å².